The fraction of sp³-hybridized carbons (Fsp3) is 0.333. The zero-order chi connectivity index (χ0) is 8.84. The van der Waals surface area contributed by atoms with E-state index in [9.17, 15) is 0 Å². The normalized spacial score (nSPS) is 34.6. The van der Waals surface area contributed by atoms with Crippen LogP contribution in [0.5, 0.6) is 0 Å². The van der Waals surface area contributed by atoms with Gasteiger partial charge in [-0.3, -0.25) is 0 Å². The number of hydrogen-bond acceptors (Lipinski definition) is 1. The van der Waals surface area contributed by atoms with Crippen molar-refractivity contribution in [3.05, 3.63) is 42.5 Å². The second kappa shape index (κ2) is 2.65. The Balaban J connectivity index is 2.05. The predicted molar refractivity (Wildman–Crippen MR) is 57.1 cm³/mol. The highest BCUT2D eigenvalue weighted by Crippen LogP contribution is 2.60. The van der Waals surface area contributed by atoms with Gasteiger partial charge in [0.25, 0.3) is 0 Å². The van der Waals surface area contributed by atoms with Crippen molar-refractivity contribution in [2.24, 2.45) is 5.92 Å². The summed E-state index contributed by atoms with van der Waals surface area (Å²) in [4.78, 5) is 1.48. The molecule has 1 aliphatic carbocycles. The molecular weight excluding hydrogens is 176 g/mol. The van der Waals surface area contributed by atoms with E-state index in [1.54, 1.807) is 5.56 Å². The molecule has 0 saturated heterocycles. The molecule has 1 saturated carbocycles. The lowest BCUT2D eigenvalue weighted by Crippen LogP contribution is -2.07. The lowest BCUT2D eigenvalue weighted by Gasteiger charge is -2.20. The van der Waals surface area contributed by atoms with Crippen LogP contribution < -0.4 is 0 Å². The molecule has 0 radical (unpaired) electrons. The summed E-state index contributed by atoms with van der Waals surface area (Å²) >= 11 is 1.99. The van der Waals surface area contributed by atoms with Gasteiger partial charge < -0.3 is 0 Å². The second-order valence-corrected chi connectivity index (χ2v) is 5.08. The summed E-state index contributed by atoms with van der Waals surface area (Å²) in [6, 6.07) is 8.81. The Bertz CT molecular complexity index is 356. The van der Waals surface area contributed by atoms with E-state index in [-0.39, 0.29) is 0 Å². The molecule has 0 spiro atoms. The molecule has 1 heteroatoms. The van der Waals surface area contributed by atoms with Crippen molar-refractivity contribution in [1.82, 2.24) is 0 Å². The van der Waals surface area contributed by atoms with E-state index in [0.717, 1.165) is 11.8 Å². The molecule has 2 aliphatic rings. The summed E-state index contributed by atoms with van der Waals surface area (Å²) in [6.45, 7) is 3.91. The van der Waals surface area contributed by atoms with E-state index in [2.05, 4.69) is 36.9 Å². The Hall–Kier alpha value is -0.690. The van der Waals surface area contributed by atoms with E-state index >= 15 is 0 Å². The molecule has 66 valence electrons. The lowest BCUT2D eigenvalue weighted by molar-refractivity contribution is 0.810. The van der Waals surface area contributed by atoms with Crippen LogP contribution in [0.25, 0.3) is 0 Å². The Morgan fingerprint density at radius 3 is 3.08 bits per heavy atom. The first kappa shape index (κ1) is 7.69. The number of benzene rings is 1. The van der Waals surface area contributed by atoms with Crippen LogP contribution in [0.4, 0.5) is 0 Å². The SMILES string of the molecule is C=CC1Sc2ccccc2C2CC12. The van der Waals surface area contributed by atoms with Crippen LogP contribution >= 0.6 is 11.8 Å². The monoisotopic (exact) mass is 188 g/mol. The van der Waals surface area contributed by atoms with Crippen molar-refractivity contribution in [3.63, 3.8) is 0 Å². The fourth-order valence-corrected chi connectivity index (χ4v) is 3.66. The fourth-order valence-electron chi connectivity index (χ4n) is 2.29. The largest absolute Gasteiger partial charge is 0.118 e. The minimum absolute atomic E-state index is 0.667. The van der Waals surface area contributed by atoms with E-state index in [1.165, 1.54) is 11.3 Å². The number of thioether (sulfide) groups is 1. The van der Waals surface area contributed by atoms with Crippen molar-refractivity contribution in [1.29, 1.82) is 0 Å². The van der Waals surface area contributed by atoms with E-state index in [4.69, 9.17) is 0 Å². The quantitative estimate of drug-likeness (QED) is 0.608. The first-order valence-electron chi connectivity index (χ1n) is 4.78. The smallest absolute Gasteiger partial charge is 0.0306 e. The van der Waals surface area contributed by atoms with E-state index in [0.29, 0.717) is 5.25 Å². The Labute approximate surface area is 83.0 Å². The van der Waals surface area contributed by atoms with Gasteiger partial charge in [0.15, 0.2) is 0 Å². The lowest BCUT2D eigenvalue weighted by atomic mass is 10.1. The number of rotatable bonds is 1. The second-order valence-electron chi connectivity index (χ2n) is 3.86. The third-order valence-corrected chi connectivity index (χ3v) is 4.52. The molecule has 1 fully saturated rings. The molecule has 1 aromatic carbocycles. The van der Waals surface area contributed by atoms with Crippen LogP contribution in [-0.4, -0.2) is 5.25 Å². The van der Waals surface area contributed by atoms with Crippen molar-refractivity contribution >= 4 is 11.8 Å². The molecular formula is C12H12S. The Kier molecular flexibility index (Phi) is 1.57. The molecule has 0 aromatic heterocycles. The average Bonchev–Trinajstić information content (AvgIpc) is 2.96. The highest BCUT2D eigenvalue weighted by molar-refractivity contribution is 8.00. The maximum atomic E-state index is 3.91. The molecule has 0 N–H and O–H groups in total. The van der Waals surface area contributed by atoms with E-state index < -0.39 is 0 Å². The molecule has 1 aromatic rings. The van der Waals surface area contributed by atoms with Crippen molar-refractivity contribution in [2.45, 2.75) is 22.5 Å². The zero-order valence-electron chi connectivity index (χ0n) is 7.44. The van der Waals surface area contributed by atoms with Crippen LogP contribution in [-0.2, 0) is 0 Å². The Morgan fingerprint density at radius 1 is 1.38 bits per heavy atom. The minimum Gasteiger partial charge on any atom is -0.118 e. The van der Waals surface area contributed by atoms with Gasteiger partial charge in [-0.2, -0.15) is 0 Å². The molecule has 1 aliphatic heterocycles. The van der Waals surface area contributed by atoms with Gasteiger partial charge in [-0.15, -0.1) is 18.3 Å². The molecule has 13 heavy (non-hydrogen) atoms. The van der Waals surface area contributed by atoms with Gasteiger partial charge in [-0.25, -0.2) is 0 Å². The molecule has 3 rings (SSSR count). The summed E-state index contributed by atoms with van der Waals surface area (Å²) in [5, 5.41) is 0.667. The molecule has 0 bridgehead atoms. The first-order chi connectivity index (χ1) is 6.40. The summed E-state index contributed by atoms with van der Waals surface area (Å²) in [6.07, 6.45) is 3.49. The van der Waals surface area contributed by atoms with Crippen molar-refractivity contribution in [2.75, 3.05) is 0 Å². The van der Waals surface area contributed by atoms with Crippen molar-refractivity contribution in [3.8, 4) is 0 Å². The molecule has 1 heterocycles. The van der Waals surface area contributed by atoms with Gasteiger partial charge in [0.1, 0.15) is 0 Å². The third kappa shape index (κ3) is 1.07. The first-order valence-corrected chi connectivity index (χ1v) is 5.66. The average molecular weight is 188 g/mol. The number of fused-ring (bicyclic) bond motifs is 3. The summed E-state index contributed by atoms with van der Waals surface area (Å²) in [5.41, 5.74) is 1.58. The summed E-state index contributed by atoms with van der Waals surface area (Å²) in [7, 11) is 0. The van der Waals surface area contributed by atoms with Crippen LogP contribution in [0, 0.1) is 5.92 Å². The van der Waals surface area contributed by atoms with E-state index in [1.807, 2.05) is 11.8 Å². The van der Waals surface area contributed by atoms with Gasteiger partial charge >= 0.3 is 0 Å². The standard InChI is InChI=1S/C12H12S/c1-2-11-10-7-9(10)8-5-3-4-6-12(8)13-11/h2-6,9-11H,1,7H2. The van der Waals surface area contributed by atoms with Gasteiger partial charge in [0.2, 0.25) is 0 Å². The molecule has 0 amide bonds. The number of hydrogen-bond donors (Lipinski definition) is 0. The van der Waals surface area contributed by atoms with Crippen LogP contribution in [0.3, 0.4) is 0 Å². The Morgan fingerprint density at radius 2 is 2.23 bits per heavy atom. The van der Waals surface area contributed by atoms with Crippen molar-refractivity contribution < 1.29 is 0 Å². The summed E-state index contributed by atoms with van der Waals surface area (Å²) in [5.74, 6) is 1.73. The minimum atomic E-state index is 0.667. The molecule has 0 nitrogen and oxygen atoms in total. The van der Waals surface area contributed by atoms with Gasteiger partial charge in [0, 0.05) is 10.1 Å². The third-order valence-electron chi connectivity index (χ3n) is 3.08. The van der Waals surface area contributed by atoms with Crippen LogP contribution in [0.15, 0.2) is 41.8 Å². The van der Waals surface area contributed by atoms with Gasteiger partial charge in [-0.05, 0) is 29.9 Å². The predicted octanol–water partition coefficient (Wildman–Crippen LogP) is 3.45. The summed E-state index contributed by atoms with van der Waals surface area (Å²) < 4.78 is 0. The van der Waals surface area contributed by atoms with Crippen LogP contribution in [0.1, 0.15) is 17.9 Å². The topological polar surface area (TPSA) is 0 Å². The van der Waals surface area contributed by atoms with Gasteiger partial charge in [0.05, 0.1) is 0 Å². The molecule has 3 unspecified atom stereocenters. The van der Waals surface area contributed by atoms with Crippen LogP contribution in [0.2, 0.25) is 0 Å². The van der Waals surface area contributed by atoms with Gasteiger partial charge in [-0.1, -0.05) is 24.3 Å². The maximum Gasteiger partial charge on any atom is 0.0306 e. The molecule has 3 atom stereocenters. The highest BCUT2D eigenvalue weighted by Gasteiger charge is 2.47. The zero-order valence-corrected chi connectivity index (χ0v) is 8.26. The maximum absolute atomic E-state index is 3.91. The highest BCUT2D eigenvalue weighted by atomic mass is 32.2.